The van der Waals surface area contributed by atoms with E-state index in [2.05, 4.69) is 31.5 Å². The number of benzene rings is 2. The van der Waals surface area contributed by atoms with Crippen molar-refractivity contribution in [2.75, 3.05) is 29.9 Å². The van der Waals surface area contributed by atoms with Crippen LogP contribution in [-0.4, -0.2) is 50.2 Å². The maximum atomic E-state index is 15.0. The molecule has 4 aromatic rings. The Morgan fingerprint density at radius 1 is 1.06 bits per heavy atom. The summed E-state index contributed by atoms with van der Waals surface area (Å²) in [4.78, 5) is 22.0. The number of nitriles is 2. The van der Waals surface area contributed by atoms with Crippen molar-refractivity contribution in [3.8, 4) is 34.7 Å². The number of amides is 1. The minimum Gasteiger partial charge on any atom is -0.369 e. The summed E-state index contributed by atoms with van der Waals surface area (Å²) in [5.74, 6) is -1.26. The predicted octanol–water partition coefficient (Wildman–Crippen LogP) is 6.29. The number of carbonyl (C=O) groups excluding carboxylic acids is 1. The van der Waals surface area contributed by atoms with Gasteiger partial charge < -0.3 is 9.88 Å². The molecule has 3 aliphatic rings. The number of aryl methyl sites for hydroxylation is 1. The molecule has 1 atom stereocenters. The molecule has 250 valence electrons. The van der Waals surface area contributed by atoms with Crippen LogP contribution in [0.15, 0.2) is 42.7 Å². The molecule has 2 aromatic carbocycles. The maximum Gasteiger partial charge on any atom is 0.416 e. The van der Waals surface area contributed by atoms with E-state index < -0.39 is 29.4 Å². The van der Waals surface area contributed by atoms with Crippen LogP contribution >= 0.6 is 0 Å². The van der Waals surface area contributed by atoms with E-state index >= 15 is 0 Å². The van der Waals surface area contributed by atoms with Gasteiger partial charge in [0.05, 0.1) is 29.7 Å². The fourth-order valence-electron chi connectivity index (χ4n) is 6.82. The van der Waals surface area contributed by atoms with Gasteiger partial charge in [0.25, 0.3) is 5.91 Å². The van der Waals surface area contributed by atoms with Crippen molar-refractivity contribution in [1.82, 2.24) is 24.6 Å². The third-order valence-electron chi connectivity index (χ3n) is 9.68. The van der Waals surface area contributed by atoms with Gasteiger partial charge in [-0.3, -0.25) is 14.6 Å². The second-order valence-electron chi connectivity index (χ2n) is 13.3. The highest BCUT2D eigenvalue weighted by atomic mass is 19.4. The maximum absolute atomic E-state index is 15.0. The number of fused-ring (bicyclic) bond motifs is 1. The zero-order valence-corrected chi connectivity index (χ0v) is 26.8. The zero-order chi connectivity index (χ0) is 34.7. The van der Waals surface area contributed by atoms with Crippen LogP contribution < -0.4 is 10.2 Å². The average Bonchev–Trinajstić information content (AvgIpc) is 3.33. The van der Waals surface area contributed by atoms with Crippen LogP contribution in [0.2, 0.25) is 0 Å². The van der Waals surface area contributed by atoms with Gasteiger partial charge in [-0.05, 0) is 96.8 Å². The molecule has 1 saturated carbocycles. The van der Waals surface area contributed by atoms with Gasteiger partial charge in [0.15, 0.2) is 5.82 Å². The van der Waals surface area contributed by atoms with E-state index in [1.165, 1.54) is 29.4 Å². The highest BCUT2D eigenvalue weighted by Gasteiger charge is 2.48. The molecule has 4 heterocycles. The molecular weight excluding hydrogens is 638 g/mol. The molecule has 0 radical (unpaired) electrons. The van der Waals surface area contributed by atoms with Gasteiger partial charge in [0, 0.05) is 37.8 Å². The molecular formula is C35H31F4N9O. The summed E-state index contributed by atoms with van der Waals surface area (Å²) in [5, 5.41) is 30.1. The van der Waals surface area contributed by atoms with Gasteiger partial charge in [-0.1, -0.05) is 0 Å². The molecule has 7 rings (SSSR count). The van der Waals surface area contributed by atoms with Crippen molar-refractivity contribution in [3.05, 3.63) is 76.4 Å². The van der Waals surface area contributed by atoms with Crippen LogP contribution in [0.1, 0.15) is 58.8 Å². The number of carbonyl (C=O) groups is 1. The first-order chi connectivity index (χ1) is 23.4. The molecule has 49 heavy (non-hydrogen) atoms. The van der Waals surface area contributed by atoms with Gasteiger partial charge in [-0.25, -0.2) is 9.37 Å². The molecule has 2 aliphatic heterocycles. The normalized spacial score (nSPS) is 17.2. The van der Waals surface area contributed by atoms with E-state index in [-0.39, 0.29) is 41.4 Å². The average molecular weight is 670 g/mol. The van der Waals surface area contributed by atoms with Crippen LogP contribution in [-0.2, 0) is 26.3 Å². The Labute approximate surface area is 279 Å². The summed E-state index contributed by atoms with van der Waals surface area (Å²) in [6, 6.07) is 12.3. The molecule has 1 spiro atoms. The zero-order valence-electron chi connectivity index (χ0n) is 26.8. The summed E-state index contributed by atoms with van der Waals surface area (Å²) in [6.45, 7) is 3.48. The van der Waals surface area contributed by atoms with Crippen LogP contribution in [0.3, 0.4) is 0 Å². The van der Waals surface area contributed by atoms with Crippen molar-refractivity contribution in [2.24, 2.45) is 18.4 Å². The Morgan fingerprint density at radius 3 is 2.51 bits per heavy atom. The van der Waals surface area contributed by atoms with Crippen LogP contribution in [0.25, 0.3) is 22.5 Å². The van der Waals surface area contributed by atoms with E-state index in [0.29, 0.717) is 40.0 Å². The number of pyridine rings is 1. The lowest BCUT2D eigenvalue weighted by molar-refractivity contribution is -0.138. The van der Waals surface area contributed by atoms with Crippen LogP contribution in [0.4, 0.5) is 29.2 Å². The number of anilines is 2. The SMILES string of the molecule is C[C@H](C#N)CNc1cc(-c2cc(C#N)c(F)cc2-c2nncn2C)cc(N2Cc3c(cc(CN4CCC5(CC5)C4)cc3C(F)(F)F)C2=O)n1. The summed E-state index contributed by atoms with van der Waals surface area (Å²) in [7, 11) is 1.67. The Bertz CT molecular complexity index is 2070. The van der Waals surface area contributed by atoms with Crippen molar-refractivity contribution in [1.29, 1.82) is 10.5 Å². The summed E-state index contributed by atoms with van der Waals surface area (Å²) < 4.78 is 60.2. The molecule has 1 amide bonds. The van der Waals surface area contributed by atoms with E-state index in [1.807, 2.05) is 6.07 Å². The minimum absolute atomic E-state index is 0.0294. The molecule has 10 nitrogen and oxygen atoms in total. The quantitative estimate of drug-likeness (QED) is 0.217. The lowest BCUT2D eigenvalue weighted by atomic mass is 9.96. The Morgan fingerprint density at radius 2 is 1.86 bits per heavy atom. The molecule has 1 N–H and O–H groups in total. The number of nitrogens with zero attached hydrogens (tertiary/aromatic N) is 8. The molecule has 1 aliphatic carbocycles. The Balaban J connectivity index is 1.32. The minimum atomic E-state index is -4.69. The second-order valence-corrected chi connectivity index (χ2v) is 13.3. The number of alkyl halides is 3. The molecule has 0 unspecified atom stereocenters. The highest BCUT2D eigenvalue weighted by molar-refractivity contribution is 6.10. The van der Waals surface area contributed by atoms with E-state index in [1.54, 1.807) is 30.7 Å². The van der Waals surface area contributed by atoms with Crippen LogP contribution in [0.5, 0.6) is 0 Å². The lowest BCUT2D eigenvalue weighted by Gasteiger charge is -2.20. The Kier molecular flexibility index (Phi) is 7.87. The number of nitrogens with one attached hydrogen (secondary N) is 1. The van der Waals surface area contributed by atoms with E-state index in [9.17, 15) is 32.9 Å². The highest BCUT2D eigenvalue weighted by Crippen LogP contribution is 2.53. The van der Waals surface area contributed by atoms with Crippen molar-refractivity contribution >= 4 is 17.5 Å². The second kappa shape index (κ2) is 12.0. The first kappa shape index (κ1) is 32.2. The number of halogens is 4. The van der Waals surface area contributed by atoms with Gasteiger partial charge in [0.2, 0.25) is 0 Å². The summed E-state index contributed by atoms with van der Waals surface area (Å²) in [6.07, 6.45) is 0.0575. The third kappa shape index (κ3) is 6.08. The number of aromatic nitrogens is 4. The Hall–Kier alpha value is -5.34. The largest absolute Gasteiger partial charge is 0.416 e. The van der Waals surface area contributed by atoms with Gasteiger partial charge in [-0.2, -0.15) is 23.7 Å². The van der Waals surface area contributed by atoms with Gasteiger partial charge >= 0.3 is 6.18 Å². The summed E-state index contributed by atoms with van der Waals surface area (Å²) >= 11 is 0. The molecule has 2 fully saturated rings. The molecule has 0 bridgehead atoms. The standard InChI is InChI=1S/C35H31F4N9O/c1-20(13-40)15-42-30-10-22(24-9-23(14-41)29(36)12-25(24)32-45-43-19-46(32)2)11-31(44-30)48-17-27-26(33(48)49)7-21(8-28(27)35(37,38)39)16-47-6-5-34(18-47)3-4-34/h7-12,19-20H,3-6,15-18H2,1-2H3,(H,42,44)/t20-/m1/s1. The molecule has 2 aromatic heterocycles. The molecule has 1 saturated heterocycles. The summed E-state index contributed by atoms with van der Waals surface area (Å²) in [5.41, 5.74) is 0.505. The van der Waals surface area contributed by atoms with Gasteiger partial charge in [-0.15, -0.1) is 10.2 Å². The van der Waals surface area contributed by atoms with Crippen molar-refractivity contribution in [3.63, 3.8) is 0 Å². The van der Waals surface area contributed by atoms with E-state index in [4.69, 9.17) is 0 Å². The number of likely N-dealkylation sites (tertiary alicyclic amines) is 1. The lowest BCUT2D eigenvalue weighted by Crippen LogP contribution is -2.25. The van der Waals surface area contributed by atoms with Crippen LogP contribution in [0, 0.1) is 39.8 Å². The predicted molar refractivity (Wildman–Crippen MR) is 171 cm³/mol. The van der Waals surface area contributed by atoms with Gasteiger partial charge in [0.1, 0.15) is 29.8 Å². The van der Waals surface area contributed by atoms with E-state index in [0.717, 1.165) is 38.4 Å². The third-order valence-corrected chi connectivity index (χ3v) is 9.68. The first-order valence-electron chi connectivity index (χ1n) is 15.9. The molecule has 14 heteroatoms. The number of rotatable bonds is 8. The monoisotopic (exact) mass is 669 g/mol. The number of hydrogen-bond donors (Lipinski definition) is 1. The first-order valence-corrected chi connectivity index (χ1v) is 15.9. The topological polar surface area (TPSA) is 127 Å². The fourth-order valence-corrected chi connectivity index (χ4v) is 6.82. The van der Waals surface area contributed by atoms with Crippen molar-refractivity contribution < 1.29 is 22.4 Å². The van der Waals surface area contributed by atoms with Crippen molar-refractivity contribution in [2.45, 2.75) is 45.5 Å². The smallest absolute Gasteiger partial charge is 0.369 e. The fraction of sp³-hybridized carbons (Fsp3) is 0.371. The number of hydrogen-bond acceptors (Lipinski definition) is 8.